The first-order chi connectivity index (χ1) is 12.6. The number of aryl methyl sites for hydroxylation is 1. The Hall–Kier alpha value is -3.34. The van der Waals surface area contributed by atoms with Gasteiger partial charge in [-0.3, -0.25) is 9.78 Å². The third kappa shape index (κ3) is 4.60. The molecule has 132 valence electrons. The number of nitrogens with one attached hydrogen (secondary N) is 1. The number of ether oxygens (including phenoxy) is 2. The van der Waals surface area contributed by atoms with Gasteiger partial charge in [0.1, 0.15) is 17.2 Å². The number of methoxy groups -OCH3 is 1. The largest absolute Gasteiger partial charge is 0.497 e. The molecule has 1 aromatic heterocycles. The topological polar surface area (TPSA) is 60.5 Å². The number of amides is 1. The second-order valence-electron chi connectivity index (χ2n) is 5.80. The molecule has 2 aromatic carbocycles. The fourth-order valence-corrected chi connectivity index (χ4v) is 2.41. The number of aromatic nitrogens is 1. The fraction of sp³-hybridized carbons (Fsp3) is 0.143. The van der Waals surface area contributed by atoms with Gasteiger partial charge in [-0.1, -0.05) is 18.2 Å². The normalized spacial score (nSPS) is 10.2. The zero-order valence-corrected chi connectivity index (χ0v) is 14.7. The van der Waals surface area contributed by atoms with Crippen LogP contribution in [0.3, 0.4) is 0 Å². The molecule has 1 amide bonds. The highest BCUT2D eigenvalue weighted by molar-refractivity contribution is 5.93. The Morgan fingerprint density at radius 1 is 1.00 bits per heavy atom. The van der Waals surface area contributed by atoms with Crippen LogP contribution in [0.5, 0.6) is 17.2 Å². The summed E-state index contributed by atoms with van der Waals surface area (Å²) < 4.78 is 11.1. The smallest absolute Gasteiger partial charge is 0.253 e. The van der Waals surface area contributed by atoms with Crippen molar-refractivity contribution < 1.29 is 14.3 Å². The minimum Gasteiger partial charge on any atom is -0.497 e. The molecule has 0 radical (unpaired) electrons. The average Bonchev–Trinajstić information content (AvgIpc) is 2.67. The molecule has 0 aliphatic heterocycles. The molecule has 3 aromatic rings. The van der Waals surface area contributed by atoms with Crippen molar-refractivity contribution in [3.63, 3.8) is 0 Å². The van der Waals surface area contributed by atoms with E-state index in [4.69, 9.17) is 9.47 Å². The van der Waals surface area contributed by atoms with E-state index in [0.29, 0.717) is 23.6 Å². The van der Waals surface area contributed by atoms with Gasteiger partial charge in [0.25, 0.3) is 5.91 Å². The minimum absolute atomic E-state index is 0.156. The van der Waals surface area contributed by atoms with Crippen LogP contribution in [0.25, 0.3) is 0 Å². The van der Waals surface area contributed by atoms with Gasteiger partial charge in [-0.05, 0) is 48.9 Å². The van der Waals surface area contributed by atoms with Crippen molar-refractivity contribution >= 4 is 5.91 Å². The van der Waals surface area contributed by atoms with E-state index in [1.165, 1.54) is 0 Å². The predicted molar refractivity (Wildman–Crippen MR) is 99.7 cm³/mol. The predicted octanol–water partition coefficient (Wildman–Crippen LogP) is 4.12. The summed E-state index contributed by atoms with van der Waals surface area (Å²) in [7, 11) is 1.62. The van der Waals surface area contributed by atoms with Crippen molar-refractivity contribution in [1.82, 2.24) is 10.3 Å². The molecule has 0 unspecified atom stereocenters. The minimum atomic E-state index is -0.156. The fourth-order valence-electron chi connectivity index (χ4n) is 2.41. The van der Waals surface area contributed by atoms with E-state index in [9.17, 15) is 4.79 Å². The van der Waals surface area contributed by atoms with Gasteiger partial charge in [-0.2, -0.15) is 0 Å². The molecular weight excluding hydrogens is 328 g/mol. The average molecular weight is 348 g/mol. The van der Waals surface area contributed by atoms with Crippen molar-refractivity contribution in [1.29, 1.82) is 0 Å². The number of carbonyl (C=O) groups excluding carboxylic acids is 1. The summed E-state index contributed by atoms with van der Waals surface area (Å²) in [5.41, 5.74) is 2.36. The Kier molecular flexibility index (Phi) is 5.49. The van der Waals surface area contributed by atoms with Crippen LogP contribution in [0.4, 0.5) is 0 Å². The Bertz CT molecular complexity index is 892. The highest BCUT2D eigenvalue weighted by Gasteiger charge is 2.06. The van der Waals surface area contributed by atoms with Crippen LogP contribution in [0, 0.1) is 6.92 Å². The summed E-state index contributed by atoms with van der Waals surface area (Å²) in [6.45, 7) is 2.29. The van der Waals surface area contributed by atoms with Crippen LogP contribution in [-0.2, 0) is 6.54 Å². The molecule has 0 aliphatic rings. The molecule has 1 heterocycles. The zero-order chi connectivity index (χ0) is 18.4. The summed E-state index contributed by atoms with van der Waals surface area (Å²) in [5.74, 6) is 1.97. The Morgan fingerprint density at radius 2 is 1.73 bits per heavy atom. The standard InChI is InChI=1S/C21H20N2O3/c1-15-9-10-17(14-22-15)21(24)23-13-16-5-3-7-19(11-16)26-20-8-4-6-18(12-20)25-2/h3-12,14H,13H2,1-2H3,(H,23,24). The quantitative estimate of drug-likeness (QED) is 0.728. The number of rotatable bonds is 6. The molecule has 1 N–H and O–H groups in total. The van der Waals surface area contributed by atoms with Gasteiger partial charge in [-0.25, -0.2) is 0 Å². The Labute approximate surface area is 152 Å². The van der Waals surface area contributed by atoms with Crippen molar-refractivity contribution in [2.45, 2.75) is 13.5 Å². The zero-order valence-electron chi connectivity index (χ0n) is 14.7. The number of pyridine rings is 1. The van der Waals surface area contributed by atoms with Gasteiger partial charge in [0.2, 0.25) is 0 Å². The third-order valence-electron chi connectivity index (χ3n) is 3.80. The molecule has 26 heavy (non-hydrogen) atoms. The van der Waals surface area contributed by atoms with E-state index in [-0.39, 0.29) is 5.91 Å². The summed E-state index contributed by atoms with van der Waals surface area (Å²) in [5, 5.41) is 2.89. The van der Waals surface area contributed by atoms with Crippen LogP contribution < -0.4 is 14.8 Å². The molecule has 0 atom stereocenters. The lowest BCUT2D eigenvalue weighted by Crippen LogP contribution is -2.22. The summed E-state index contributed by atoms with van der Waals surface area (Å²) >= 11 is 0. The summed E-state index contributed by atoms with van der Waals surface area (Å²) in [4.78, 5) is 16.3. The van der Waals surface area contributed by atoms with Crippen molar-refractivity contribution in [3.05, 3.63) is 83.7 Å². The maximum Gasteiger partial charge on any atom is 0.253 e. The SMILES string of the molecule is COc1cccc(Oc2cccc(CNC(=O)c3ccc(C)nc3)c2)c1. The molecule has 0 spiro atoms. The van der Waals surface area contributed by atoms with Crippen molar-refractivity contribution in [3.8, 4) is 17.2 Å². The van der Waals surface area contributed by atoms with E-state index in [1.807, 2.05) is 61.5 Å². The van der Waals surface area contributed by atoms with Gasteiger partial charge in [0.05, 0.1) is 12.7 Å². The van der Waals surface area contributed by atoms with Gasteiger partial charge in [0, 0.05) is 24.5 Å². The monoisotopic (exact) mass is 348 g/mol. The number of nitrogens with zero attached hydrogens (tertiary/aromatic N) is 1. The first-order valence-electron chi connectivity index (χ1n) is 8.26. The molecule has 5 nitrogen and oxygen atoms in total. The first-order valence-corrected chi connectivity index (χ1v) is 8.26. The molecule has 0 aliphatic carbocycles. The van der Waals surface area contributed by atoms with E-state index in [0.717, 1.165) is 17.0 Å². The third-order valence-corrected chi connectivity index (χ3v) is 3.80. The Balaban J connectivity index is 1.63. The lowest BCUT2D eigenvalue weighted by Gasteiger charge is -2.10. The van der Waals surface area contributed by atoms with Crippen LogP contribution in [0.1, 0.15) is 21.6 Å². The maximum absolute atomic E-state index is 12.2. The highest BCUT2D eigenvalue weighted by Crippen LogP contribution is 2.25. The van der Waals surface area contributed by atoms with E-state index < -0.39 is 0 Å². The second kappa shape index (κ2) is 8.16. The van der Waals surface area contributed by atoms with Crippen molar-refractivity contribution in [2.24, 2.45) is 0 Å². The number of hydrogen-bond acceptors (Lipinski definition) is 4. The van der Waals surface area contributed by atoms with Crippen molar-refractivity contribution in [2.75, 3.05) is 7.11 Å². The van der Waals surface area contributed by atoms with Gasteiger partial charge < -0.3 is 14.8 Å². The molecule has 5 heteroatoms. The number of hydrogen-bond donors (Lipinski definition) is 1. The van der Waals surface area contributed by atoms with E-state index in [2.05, 4.69) is 10.3 Å². The van der Waals surface area contributed by atoms with Crippen LogP contribution in [0.2, 0.25) is 0 Å². The van der Waals surface area contributed by atoms with E-state index in [1.54, 1.807) is 19.4 Å². The lowest BCUT2D eigenvalue weighted by molar-refractivity contribution is 0.0950. The number of carbonyl (C=O) groups is 1. The highest BCUT2D eigenvalue weighted by atomic mass is 16.5. The molecule has 0 saturated heterocycles. The van der Waals surface area contributed by atoms with Crippen LogP contribution in [-0.4, -0.2) is 18.0 Å². The van der Waals surface area contributed by atoms with Gasteiger partial charge >= 0.3 is 0 Å². The first kappa shape index (κ1) is 17.5. The van der Waals surface area contributed by atoms with Gasteiger partial charge in [0.15, 0.2) is 0 Å². The molecule has 0 bridgehead atoms. The number of benzene rings is 2. The molecule has 3 rings (SSSR count). The van der Waals surface area contributed by atoms with E-state index >= 15 is 0 Å². The lowest BCUT2D eigenvalue weighted by atomic mass is 10.2. The van der Waals surface area contributed by atoms with Crippen LogP contribution >= 0.6 is 0 Å². The summed E-state index contributed by atoms with van der Waals surface area (Å²) in [6.07, 6.45) is 1.58. The summed E-state index contributed by atoms with van der Waals surface area (Å²) in [6, 6.07) is 18.6. The second-order valence-corrected chi connectivity index (χ2v) is 5.80. The Morgan fingerprint density at radius 3 is 2.46 bits per heavy atom. The van der Waals surface area contributed by atoms with Crippen LogP contribution in [0.15, 0.2) is 66.9 Å². The molecule has 0 fully saturated rings. The van der Waals surface area contributed by atoms with Gasteiger partial charge in [-0.15, -0.1) is 0 Å². The molecule has 0 saturated carbocycles. The molecular formula is C21H20N2O3. The maximum atomic E-state index is 12.2.